The van der Waals surface area contributed by atoms with Crippen LogP contribution < -0.4 is 0 Å². The smallest absolute Gasteiger partial charge is 0.224 e. The van der Waals surface area contributed by atoms with Crippen molar-refractivity contribution in [1.29, 1.82) is 0 Å². The Balaban J connectivity index is 2.76. The van der Waals surface area contributed by atoms with E-state index in [1.165, 1.54) is 6.08 Å². The summed E-state index contributed by atoms with van der Waals surface area (Å²) in [6.45, 7) is 0. The van der Waals surface area contributed by atoms with E-state index in [1.54, 1.807) is 0 Å². The highest BCUT2D eigenvalue weighted by Crippen LogP contribution is 2.44. The number of hydrogen-bond donors (Lipinski definition) is 0. The number of aliphatic imine (C=N–C) groups is 1. The summed E-state index contributed by atoms with van der Waals surface area (Å²) in [6.07, 6.45) is 3.61. The van der Waals surface area contributed by atoms with Gasteiger partial charge in [-0.1, -0.05) is 12.8 Å². The molecule has 0 amide bonds. The third-order valence-electron chi connectivity index (χ3n) is 3.68. The van der Waals surface area contributed by atoms with Crippen LogP contribution in [0.2, 0.25) is 0 Å². The first-order valence-electron chi connectivity index (χ1n) is 6.20. The number of isocyanates is 1. The second-order valence-corrected chi connectivity index (χ2v) is 7.03. The van der Waals surface area contributed by atoms with Crippen molar-refractivity contribution >= 4 is 15.9 Å². The average Bonchev–Trinajstić information content (AvgIpc) is 2.82. The second kappa shape index (κ2) is 5.27. The van der Waals surface area contributed by atoms with E-state index in [0.29, 0.717) is 25.2 Å². The van der Waals surface area contributed by atoms with Gasteiger partial charge in [0.2, 0.25) is 6.08 Å². The summed E-state index contributed by atoms with van der Waals surface area (Å²) in [4.78, 5) is 12.8. The Morgan fingerprint density at radius 1 is 1.19 bits per heavy atom. The lowest BCUT2D eigenvalue weighted by atomic mass is 9.88. The predicted octanol–water partition coefficient (Wildman–Crippen LogP) is 2.61. The highest BCUT2D eigenvalue weighted by Gasteiger charge is 2.40. The van der Waals surface area contributed by atoms with E-state index in [4.69, 9.17) is 0 Å². The van der Waals surface area contributed by atoms with Gasteiger partial charge in [-0.3, -0.25) is 0 Å². The maximum Gasteiger partial charge on any atom is 0.235 e. The molecule has 1 fully saturated rings. The monoisotopic (exact) mass is 319 g/mol. The first kappa shape index (κ1) is 15.7. The number of benzene rings is 1. The molecule has 21 heavy (non-hydrogen) atoms. The quantitative estimate of drug-likeness (QED) is 0.489. The number of rotatable bonds is 3. The van der Waals surface area contributed by atoms with Gasteiger partial charge in [-0.05, 0) is 18.9 Å². The topological polar surface area (TPSA) is 63.6 Å². The van der Waals surface area contributed by atoms with E-state index < -0.39 is 43.3 Å². The van der Waals surface area contributed by atoms with Crippen LogP contribution in [0.15, 0.2) is 16.0 Å². The van der Waals surface area contributed by atoms with Crippen LogP contribution in [0.25, 0.3) is 0 Å². The fourth-order valence-corrected chi connectivity index (χ4v) is 3.57. The summed E-state index contributed by atoms with van der Waals surface area (Å²) in [5, 5.41) is 0. The van der Waals surface area contributed by atoms with Crippen molar-refractivity contribution in [2.75, 3.05) is 6.26 Å². The van der Waals surface area contributed by atoms with Crippen molar-refractivity contribution in [3.8, 4) is 0 Å². The van der Waals surface area contributed by atoms with E-state index in [9.17, 15) is 26.4 Å². The normalized spacial score (nSPS) is 17.5. The Morgan fingerprint density at radius 2 is 1.76 bits per heavy atom. The first-order chi connectivity index (χ1) is 9.73. The SMILES string of the molecule is CS(=O)(=O)c1c(F)cc(C2(N=C=O)CCCC2)c(F)c1F. The summed E-state index contributed by atoms with van der Waals surface area (Å²) in [5.41, 5.74) is -1.81. The van der Waals surface area contributed by atoms with Gasteiger partial charge in [-0.25, -0.2) is 26.4 Å². The second-order valence-electron chi connectivity index (χ2n) is 5.08. The number of hydrogen-bond acceptors (Lipinski definition) is 4. The lowest BCUT2D eigenvalue weighted by Gasteiger charge is -2.24. The van der Waals surface area contributed by atoms with E-state index in [-0.39, 0.29) is 12.8 Å². The largest absolute Gasteiger partial charge is 0.235 e. The van der Waals surface area contributed by atoms with Crippen LogP contribution in [0.4, 0.5) is 13.2 Å². The number of carbonyl (C=O) groups excluding carboxylic acids is 1. The molecule has 0 N–H and O–H groups in total. The summed E-state index contributed by atoms with van der Waals surface area (Å²) in [7, 11) is -4.26. The van der Waals surface area contributed by atoms with E-state index >= 15 is 0 Å². The zero-order valence-corrected chi connectivity index (χ0v) is 11.9. The van der Waals surface area contributed by atoms with Crippen LogP contribution in [0.5, 0.6) is 0 Å². The van der Waals surface area contributed by atoms with Gasteiger partial charge in [0.1, 0.15) is 16.3 Å². The average molecular weight is 319 g/mol. The Morgan fingerprint density at radius 3 is 2.24 bits per heavy atom. The standard InChI is InChI=1S/C13H12F3NO3S/c1-21(19,20)12-9(14)6-8(10(15)11(12)16)13(17-7-18)4-2-3-5-13/h6H,2-5H2,1H3. The van der Waals surface area contributed by atoms with Crippen molar-refractivity contribution in [3.63, 3.8) is 0 Å². The van der Waals surface area contributed by atoms with Crippen molar-refractivity contribution in [2.24, 2.45) is 4.99 Å². The molecule has 0 aromatic heterocycles. The Bertz CT molecular complexity index is 734. The molecule has 0 unspecified atom stereocenters. The lowest BCUT2D eigenvalue weighted by molar-refractivity contribution is 0.392. The third kappa shape index (κ3) is 2.61. The fourth-order valence-electron chi connectivity index (χ4n) is 2.75. The zero-order chi connectivity index (χ0) is 15.8. The molecule has 4 nitrogen and oxygen atoms in total. The highest BCUT2D eigenvalue weighted by molar-refractivity contribution is 7.90. The van der Waals surface area contributed by atoms with Crippen LogP contribution in [0.1, 0.15) is 31.2 Å². The Labute approximate surface area is 119 Å². The van der Waals surface area contributed by atoms with Crippen molar-refractivity contribution in [1.82, 2.24) is 0 Å². The van der Waals surface area contributed by atoms with Crippen LogP contribution in [0, 0.1) is 17.5 Å². The molecule has 1 aliphatic rings. The lowest BCUT2D eigenvalue weighted by Crippen LogP contribution is -2.23. The van der Waals surface area contributed by atoms with Crippen LogP contribution >= 0.6 is 0 Å². The molecule has 2 rings (SSSR count). The molecule has 0 aliphatic heterocycles. The van der Waals surface area contributed by atoms with Crippen LogP contribution in [0.3, 0.4) is 0 Å². The molecule has 1 aromatic rings. The molecule has 0 spiro atoms. The van der Waals surface area contributed by atoms with Gasteiger partial charge in [-0.2, -0.15) is 4.99 Å². The summed E-state index contributed by atoms with van der Waals surface area (Å²) < 4.78 is 64.7. The molecular formula is C13H12F3NO3S. The van der Waals surface area contributed by atoms with Crippen molar-refractivity contribution in [2.45, 2.75) is 36.1 Å². The van der Waals surface area contributed by atoms with Gasteiger partial charge in [0.05, 0.1) is 0 Å². The minimum Gasteiger partial charge on any atom is -0.224 e. The molecule has 1 aliphatic carbocycles. The summed E-state index contributed by atoms with van der Waals surface area (Å²) in [5.74, 6) is -4.66. The molecule has 0 heterocycles. The maximum absolute atomic E-state index is 14.2. The first-order valence-corrected chi connectivity index (χ1v) is 8.09. The third-order valence-corrected chi connectivity index (χ3v) is 4.79. The molecule has 0 radical (unpaired) electrons. The summed E-state index contributed by atoms with van der Waals surface area (Å²) in [6, 6.07) is 0.612. The number of nitrogens with zero attached hydrogens (tertiary/aromatic N) is 1. The molecule has 114 valence electrons. The molecule has 8 heteroatoms. The van der Waals surface area contributed by atoms with Crippen molar-refractivity contribution in [3.05, 3.63) is 29.1 Å². The van der Waals surface area contributed by atoms with Gasteiger partial charge < -0.3 is 0 Å². The van der Waals surface area contributed by atoms with Crippen molar-refractivity contribution < 1.29 is 26.4 Å². The molecular weight excluding hydrogens is 307 g/mol. The van der Waals surface area contributed by atoms with E-state index in [0.717, 1.165) is 0 Å². The van der Waals surface area contributed by atoms with Gasteiger partial charge in [-0.15, -0.1) is 0 Å². The molecule has 1 aromatic carbocycles. The Kier molecular flexibility index (Phi) is 3.95. The van der Waals surface area contributed by atoms with Gasteiger partial charge in [0, 0.05) is 11.8 Å². The number of sulfone groups is 1. The maximum atomic E-state index is 14.2. The molecule has 0 saturated heterocycles. The van der Waals surface area contributed by atoms with Crippen LogP contribution in [-0.4, -0.2) is 20.8 Å². The highest BCUT2D eigenvalue weighted by atomic mass is 32.2. The molecule has 0 bridgehead atoms. The van der Waals surface area contributed by atoms with E-state index in [1.807, 2.05) is 0 Å². The number of halogens is 3. The summed E-state index contributed by atoms with van der Waals surface area (Å²) >= 11 is 0. The molecule has 1 saturated carbocycles. The van der Waals surface area contributed by atoms with Crippen LogP contribution in [-0.2, 0) is 20.2 Å². The minimum atomic E-state index is -4.26. The zero-order valence-electron chi connectivity index (χ0n) is 11.1. The van der Waals surface area contributed by atoms with Gasteiger partial charge >= 0.3 is 0 Å². The fraction of sp³-hybridized carbons (Fsp3) is 0.462. The molecule has 0 atom stereocenters. The van der Waals surface area contributed by atoms with Gasteiger partial charge in [0.15, 0.2) is 21.5 Å². The minimum absolute atomic E-state index is 0.246. The predicted molar refractivity (Wildman–Crippen MR) is 67.7 cm³/mol. The Hall–Kier alpha value is -1.66. The van der Waals surface area contributed by atoms with E-state index in [2.05, 4.69) is 4.99 Å². The van der Waals surface area contributed by atoms with Gasteiger partial charge in [0.25, 0.3) is 0 Å².